The van der Waals surface area contributed by atoms with Crippen LogP contribution in [-0.2, 0) is 6.42 Å². The highest BCUT2D eigenvalue weighted by Gasteiger charge is 2.21. The van der Waals surface area contributed by atoms with Crippen molar-refractivity contribution in [3.05, 3.63) is 68.3 Å². The molecule has 3 rings (SSSR count). The van der Waals surface area contributed by atoms with Crippen molar-refractivity contribution >= 4 is 5.91 Å². The lowest BCUT2D eigenvalue weighted by atomic mass is 10.0. The normalized spacial score (nSPS) is 11.8. The summed E-state index contributed by atoms with van der Waals surface area (Å²) in [6.07, 6.45) is 0.257. The number of carbonyl (C=O) groups is 1. The molecule has 2 heterocycles. The highest BCUT2D eigenvalue weighted by molar-refractivity contribution is 5.91. The van der Waals surface area contributed by atoms with Crippen molar-refractivity contribution in [2.75, 3.05) is 0 Å². The fourth-order valence-electron chi connectivity index (χ4n) is 2.12. The number of aromatic nitrogens is 7. The minimum Gasteiger partial charge on any atom is -0.343 e. The molecule has 2 aromatic heterocycles. The Balaban J connectivity index is 1.87. The van der Waals surface area contributed by atoms with Gasteiger partial charge >= 0.3 is 5.69 Å². The van der Waals surface area contributed by atoms with Gasteiger partial charge in [-0.3, -0.25) is 14.6 Å². The molecule has 0 bridgehead atoms. The molecule has 4 N–H and O–H groups in total. The molecule has 0 aliphatic heterocycles. The summed E-state index contributed by atoms with van der Waals surface area (Å²) in [5, 5.41) is 21.7. The number of amides is 1. The SMILES string of the molecule is O=C(NC(Cc1nn[nH]n1)c1ccccc1)c1n[nH]c(=O)[nH]c1=O. The van der Waals surface area contributed by atoms with Crippen molar-refractivity contribution in [2.45, 2.75) is 12.5 Å². The van der Waals surface area contributed by atoms with E-state index in [1.807, 2.05) is 40.4 Å². The summed E-state index contributed by atoms with van der Waals surface area (Å²) in [6.45, 7) is 0. The summed E-state index contributed by atoms with van der Waals surface area (Å²) in [5.74, 6) is -0.336. The van der Waals surface area contributed by atoms with E-state index >= 15 is 0 Å². The summed E-state index contributed by atoms with van der Waals surface area (Å²) in [7, 11) is 0. The van der Waals surface area contributed by atoms with Gasteiger partial charge in [0.2, 0.25) is 5.69 Å². The third-order valence-corrected chi connectivity index (χ3v) is 3.21. The van der Waals surface area contributed by atoms with Crippen molar-refractivity contribution in [2.24, 2.45) is 0 Å². The standard InChI is InChI=1S/C13H12N8O3/c22-11(10-12(23)15-13(24)19-18-10)14-8(6-9-16-20-21-17-9)7-4-2-1-3-5-7/h1-5,8H,6H2,(H,14,22)(H2,15,19,23,24)(H,16,17,20,21). The van der Waals surface area contributed by atoms with Gasteiger partial charge in [-0.25, -0.2) is 9.89 Å². The fraction of sp³-hybridized carbons (Fsp3) is 0.154. The predicted molar refractivity (Wildman–Crippen MR) is 80.0 cm³/mol. The van der Waals surface area contributed by atoms with Crippen LogP contribution in [0.5, 0.6) is 0 Å². The van der Waals surface area contributed by atoms with E-state index in [-0.39, 0.29) is 6.42 Å². The summed E-state index contributed by atoms with van der Waals surface area (Å²) < 4.78 is 0. The van der Waals surface area contributed by atoms with Crippen LogP contribution in [0.25, 0.3) is 0 Å². The molecule has 1 atom stereocenters. The first-order valence-electron chi connectivity index (χ1n) is 6.90. The van der Waals surface area contributed by atoms with Crippen LogP contribution in [-0.4, -0.2) is 41.7 Å². The van der Waals surface area contributed by atoms with Crippen LogP contribution in [0.15, 0.2) is 39.9 Å². The number of hydrogen-bond acceptors (Lipinski definition) is 7. The van der Waals surface area contributed by atoms with Gasteiger partial charge in [0.1, 0.15) is 0 Å². The lowest BCUT2D eigenvalue weighted by Crippen LogP contribution is -2.37. The number of rotatable bonds is 5. The molecule has 0 fully saturated rings. The molecular formula is C13H12N8O3. The van der Waals surface area contributed by atoms with Crippen LogP contribution < -0.4 is 16.6 Å². The number of benzene rings is 1. The number of hydrogen-bond donors (Lipinski definition) is 4. The number of nitrogens with one attached hydrogen (secondary N) is 4. The van der Waals surface area contributed by atoms with E-state index in [4.69, 9.17) is 0 Å². The van der Waals surface area contributed by atoms with Gasteiger partial charge in [0, 0.05) is 6.42 Å². The summed E-state index contributed by atoms with van der Waals surface area (Å²) in [5.41, 5.74) is -1.31. The quantitative estimate of drug-likeness (QED) is 0.451. The van der Waals surface area contributed by atoms with Crippen LogP contribution in [0.4, 0.5) is 0 Å². The van der Waals surface area contributed by atoms with E-state index < -0.39 is 28.9 Å². The molecule has 1 aromatic carbocycles. The summed E-state index contributed by atoms with van der Waals surface area (Å²) >= 11 is 0. The molecule has 1 amide bonds. The van der Waals surface area contributed by atoms with Gasteiger partial charge in [0.15, 0.2) is 5.82 Å². The first-order chi connectivity index (χ1) is 11.6. The Kier molecular flexibility index (Phi) is 4.23. The first kappa shape index (κ1) is 15.3. The second-order valence-electron chi connectivity index (χ2n) is 4.82. The largest absolute Gasteiger partial charge is 0.343 e. The highest BCUT2D eigenvalue weighted by atomic mass is 16.2. The molecule has 0 aliphatic carbocycles. The van der Waals surface area contributed by atoms with E-state index in [0.29, 0.717) is 5.82 Å². The fourth-order valence-corrected chi connectivity index (χ4v) is 2.12. The van der Waals surface area contributed by atoms with E-state index in [2.05, 4.69) is 31.0 Å². The van der Waals surface area contributed by atoms with Crippen molar-refractivity contribution in [1.29, 1.82) is 0 Å². The molecule has 24 heavy (non-hydrogen) atoms. The predicted octanol–water partition coefficient (Wildman–Crippen LogP) is -1.31. The van der Waals surface area contributed by atoms with Gasteiger partial charge in [0.25, 0.3) is 11.5 Å². The lowest BCUT2D eigenvalue weighted by molar-refractivity contribution is 0.0928. The zero-order valence-electron chi connectivity index (χ0n) is 12.2. The maximum atomic E-state index is 12.3. The zero-order valence-corrected chi connectivity index (χ0v) is 12.2. The first-order valence-corrected chi connectivity index (χ1v) is 6.90. The number of tetrazole rings is 1. The Morgan fingerprint density at radius 1 is 1.17 bits per heavy atom. The van der Waals surface area contributed by atoms with E-state index in [0.717, 1.165) is 5.56 Å². The third kappa shape index (κ3) is 3.40. The van der Waals surface area contributed by atoms with Crippen molar-refractivity contribution in [3.8, 4) is 0 Å². The molecule has 11 nitrogen and oxygen atoms in total. The van der Waals surface area contributed by atoms with Gasteiger partial charge in [-0.05, 0) is 5.56 Å². The number of aromatic amines is 3. The number of nitrogens with zero attached hydrogens (tertiary/aromatic N) is 4. The van der Waals surface area contributed by atoms with Crippen LogP contribution in [0.1, 0.15) is 27.9 Å². The molecule has 122 valence electrons. The Bertz CT molecular complexity index is 932. The Hall–Kier alpha value is -3.63. The van der Waals surface area contributed by atoms with Crippen LogP contribution in [0, 0.1) is 0 Å². The lowest BCUT2D eigenvalue weighted by Gasteiger charge is -2.17. The smallest absolute Gasteiger partial charge is 0.342 e. The van der Waals surface area contributed by atoms with E-state index in [1.54, 1.807) is 0 Å². The summed E-state index contributed by atoms with van der Waals surface area (Å²) in [6, 6.07) is 8.59. The van der Waals surface area contributed by atoms with Crippen LogP contribution >= 0.6 is 0 Å². The highest BCUT2D eigenvalue weighted by Crippen LogP contribution is 2.16. The molecule has 3 aromatic rings. The van der Waals surface area contributed by atoms with Crippen molar-refractivity contribution in [3.63, 3.8) is 0 Å². The maximum absolute atomic E-state index is 12.3. The average molecular weight is 328 g/mol. The molecule has 0 saturated carbocycles. The second-order valence-corrected chi connectivity index (χ2v) is 4.82. The Morgan fingerprint density at radius 2 is 1.96 bits per heavy atom. The molecule has 11 heteroatoms. The zero-order chi connectivity index (χ0) is 16.9. The van der Waals surface area contributed by atoms with E-state index in [9.17, 15) is 14.4 Å². The third-order valence-electron chi connectivity index (χ3n) is 3.21. The molecule has 1 unspecified atom stereocenters. The van der Waals surface area contributed by atoms with Gasteiger partial charge in [-0.1, -0.05) is 35.5 Å². The van der Waals surface area contributed by atoms with Crippen LogP contribution in [0.2, 0.25) is 0 Å². The van der Waals surface area contributed by atoms with Crippen LogP contribution in [0.3, 0.4) is 0 Å². The molecule has 0 aliphatic rings. The monoisotopic (exact) mass is 328 g/mol. The topological polar surface area (TPSA) is 162 Å². The maximum Gasteiger partial charge on any atom is 0.342 e. The molecule has 0 saturated heterocycles. The molecular weight excluding hydrogens is 316 g/mol. The second kappa shape index (κ2) is 6.64. The summed E-state index contributed by atoms with van der Waals surface area (Å²) in [4.78, 5) is 36.9. The Morgan fingerprint density at radius 3 is 2.62 bits per heavy atom. The van der Waals surface area contributed by atoms with Gasteiger partial charge in [-0.15, -0.1) is 10.2 Å². The Labute approximate surface area is 133 Å². The van der Waals surface area contributed by atoms with Gasteiger partial charge < -0.3 is 5.32 Å². The van der Waals surface area contributed by atoms with Crippen molar-refractivity contribution < 1.29 is 4.79 Å². The number of carbonyl (C=O) groups excluding carboxylic acids is 1. The van der Waals surface area contributed by atoms with Gasteiger partial charge in [-0.2, -0.15) is 10.3 Å². The number of H-pyrrole nitrogens is 3. The molecule has 0 spiro atoms. The average Bonchev–Trinajstić information content (AvgIpc) is 3.08. The van der Waals surface area contributed by atoms with Gasteiger partial charge in [0.05, 0.1) is 6.04 Å². The minimum absolute atomic E-state index is 0.257. The van der Waals surface area contributed by atoms with E-state index in [1.165, 1.54) is 0 Å². The molecule has 0 radical (unpaired) electrons. The minimum atomic E-state index is -0.873. The van der Waals surface area contributed by atoms with Crippen molar-refractivity contribution in [1.82, 2.24) is 41.1 Å².